The minimum atomic E-state index is -0.0636. The van der Waals surface area contributed by atoms with E-state index in [2.05, 4.69) is 15.3 Å². The Morgan fingerprint density at radius 3 is 3.06 bits per heavy atom. The van der Waals surface area contributed by atoms with Gasteiger partial charge in [0.2, 0.25) is 0 Å². The minimum Gasteiger partial charge on any atom is -0.346 e. The van der Waals surface area contributed by atoms with E-state index < -0.39 is 0 Å². The number of nitrogens with one attached hydrogen (secondary N) is 1. The van der Waals surface area contributed by atoms with Crippen molar-refractivity contribution in [2.24, 2.45) is 0 Å². The molecule has 0 atom stereocenters. The maximum absolute atomic E-state index is 11.6. The first-order valence-corrected chi connectivity index (χ1v) is 5.73. The van der Waals surface area contributed by atoms with E-state index in [9.17, 15) is 4.79 Å². The lowest BCUT2D eigenvalue weighted by Gasteiger charge is -2.03. The molecule has 5 heteroatoms. The first kappa shape index (κ1) is 10.8. The van der Waals surface area contributed by atoms with Gasteiger partial charge in [0, 0.05) is 5.69 Å². The van der Waals surface area contributed by atoms with Crippen molar-refractivity contribution >= 4 is 17.2 Å². The summed E-state index contributed by atoms with van der Waals surface area (Å²) in [6, 6.07) is 5.51. The molecule has 0 unspecified atom stereocenters. The number of hydrogen-bond acceptors (Lipinski definition) is 4. The Hall–Kier alpha value is -1.75. The van der Waals surface area contributed by atoms with Gasteiger partial charge in [0.05, 0.1) is 17.1 Å². The Balaban J connectivity index is 1.95. The Morgan fingerprint density at radius 2 is 2.38 bits per heavy atom. The molecule has 1 amide bonds. The standard InChI is InChI=1S/C11H11N3OS/c1-8-5-9(14-7-13-8)6-12-11(15)10-3-2-4-16-10/h2-5,7H,6H2,1H3,(H,12,15). The van der Waals surface area contributed by atoms with Gasteiger partial charge in [0.25, 0.3) is 5.91 Å². The molecular formula is C11H11N3OS. The summed E-state index contributed by atoms with van der Waals surface area (Å²) in [5.41, 5.74) is 1.72. The third kappa shape index (κ3) is 2.64. The fourth-order valence-electron chi connectivity index (χ4n) is 1.27. The van der Waals surface area contributed by atoms with Gasteiger partial charge in [-0.3, -0.25) is 4.79 Å². The summed E-state index contributed by atoms with van der Waals surface area (Å²) < 4.78 is 0. The van der Waals surface area contributed by atoms with Crippen LogP contribution < -0.4 is 5.32 Å². The van der Waals surface area contributed by atoms with Crippen molar-refractivity contribution in [2.45, 2.75) is 13.5 Å². The van der Waals surface area contributed by atoms with Crippen LogP contribution in [0.1, 0.15) is 21.1 Å². The van der Waals surface area contributed by atoms with Gasteiger partial charge in [-0.15, -0.1) is 11.3 Å². The molecule has 0 aromatic carbocycles. The second kappa shape index (κ2) is 4.85. The van der Waals surface area contributed by atoms with Crippen molar-refractivity contribution < 1.29 is 4.79 Å². The number of carbonyl (C=O) groups is 1. The van der Waals surface area contributed by atoms with E-state index >= 15 is 0 Å². The predicted molar refractivity (Wildman–Crippen MR) is 62.3 cm³/mol. The van der Waals surface area contributed by atoms with Crippen molar-refractivity contribution in [3.8, 4) is 0 Å². The maximum Gasteiger partial charge on any atom is 0.261 e. The lowest BCUT2D eigenvalue weighted by Crippen LogP contribution is -2.22. The number of thiophene rings is 1. The number of amides is 1. The summed E-state index contributed by atoms with van der Waals surface area (Å²) >= 11 is 1.42. The van der Waals surface area contributed by atoms with Gasteiger partial charge in [-0.1, -0.05) is 6.07 Å². The number of aryl methyl sites for hydroxylation is 1. The lowest BCUT2D eigenvalue weighted by atomic mass is 10.3. The molecule has 0 aliphatic rings. The number of carbonyl (C=O) groups excluding carboxylic acids is 1. The van der Waals surface area contributed by atoms with Gasteiger partial charge in [-0.25, -0.2) is 9.97 Å². The average molecular weight is 233 g/mol. The van der Waals surface area contributed by atoms with Gasteiger partial charge in [0.15, 0.2) is 0 Å². The highest BCUT2D eigenvalue weighted by molar-refractivity contribution is 7.12. The van der Waals surface area contributed by atoms with Gasteiger partial charge < -0.3 is 5.32 Å². The van der Waals surface area contributed by atoms with E-state index in [0.717, 1.165) is 11.4 Å². The Kier molecular flexibility index (Phi) is 3.26. The first-order chi connectivity index (χ1) is 7.75. The normalized spacial score (nSPS) is 10.1. The fourth-order valence-corrected chi connectivity index (χ4v) is 1.91. The van der Waals surface area contributed by atoms with Gasteiger partial charge >= 0.3 is 0 Å². The van der Waals surface area contributed by atoms with E-state index in [4.69, 9.17) is 0 Å². The lowest BCUT2D eigenvalue weighted by molar-refractivity contribution is 0.0954. The van der Waals surface area contributed by atoms with Crippen LogP contribution in [0.2, 0.25) is 0 Å². The molecule has 0 bridgehead atoms. The van der Waals surface area contributed by atoms with E-state index in [1.807, 2.05) is 24.4 Å². The molecule has 0 fully saturated rings. The second-order valence-corrected chi connectivity index (χ2v) is 4.26. The van der Waals surface area contributed by atoms with Crippen LogP contribution in [0.4, 0.5) is 0 Å². The molecule has 2 rings (SSSR count). The summed E-state index contributed by atoms with van der Waals surface area (Å²) in [6.07, 6.45) is 1.50. The van der Waals surface area contributed by atoms with Gasteiger partial charge in [-0.05, 0) is 24.4 Å². The van der Waals surface area contributed by atoms with E-state index in [0.29, 0.717) is 11.4 Å². The SMILES string of the molecule is Cc1cc(CNC(=O)c2cccs2)ncn1. The number of aromatic nitrogens is 2. The summed E-state index contributed by atoms with van der Waals surface area (Å²) in [4.78, 5) is 20.4. The van der Waals surface area contributed by atoms with Gasteiger partial charge in [-0.2, -0.15) is 0 Å². The monoisotopic (exact) mass is 233 g/mol. The maximum atomic E-state index is 11.6. The highest BCUT2D eigenvalue weighted by Crippen LogP contribution is 2.08. The molecule has 82 valence electrons. The molecule has 0 radical (unpaired) electrons. The third-order valence-electron chi connectivity index (χ3n) is 2.04. The zero-order chi connectivity index (χ0) is 11.4. The van der Waals surface area contributed by atoms with E-state index in [1.165, 1.54) is 17.7 Å². The van der Waals surface area contributed by atoms with Crippen LogP contribution in [0.5, 0.6) is 0 Å². The Bertz CT molecular complexity index is 482. The quantitative estimate of drug-likeness (QED) is 0.879. The largest absolute Gasteiger partial charge is 0.346 e. The molecule has 2 aromatic heterocycles. The van der Waals surface area contributed by atoms with Crippen LogP contribution in [-0.4, -0.2) is 15.9 Å². The summed E-state index contributed by atoms with van der Waals surface area (Å²) in [5, 5.41) is 4.69. The molecule has 0 aliphatic carbocycles. The smallest absolute Gasteiger partial charge is 0.261 e. The van der Waals surface area contributed by atoms with Crippen LogP contribution in [-0.2, 0) is 6.54 Å². The number of hydrogen-bond donors (Lipinski definition) is 1. The van der Waals surface area contributed by atoms with Crippen LogP contribution >= 0.6 is 11.3 Å². The van der Waals surface area contributed by atoms with Crippen molar-refractivity contribution in [1.82, 2.24) is 15.3 Å². The van der Waals surface area contributed by atoms with Crippen molar-refractivity contribution in [3.63, 3.8) is 0 Å². The third-order valence-corrected chi connectivity index (χ3v) is 2.90. The molecule has 2 aromatic rings. The van der Waals surface area contributed by atoms with E-state index in [-0.39, 0.29) is 5.91 Å². The first-order valence-electron chi connectivity index (χ1n) is 4.85. The summed E-state index contributed by atoms with van der Waals surface area (Å²) in [6.45, 7) is 2.33. The molecule has 16 heavy (non-hydrogen) atoms. The highest BCUT2D eigenvalue weighted by Gasteiger charge is 2.05. The molecule has 0 saturated heterocycles. The van der Waals surface area contributed by atoms with Crippen LogP contribution in [0, 0.1) is 6.92 Å². The molecule has 1 N–H and O–H groups in total. The summed E-state index contributed by atoms with van der Waals surface area (Å²) in [7, 11) is 0. The number of nitrogens with zero attached hydrogens (tertiary/aromatic N) is 2. The fraction of sp³-hybridized carbons (Fsp3) is 0.182. The van der Waals surface area contributed by atoms with Crippen molar-refractivity contribution in [3.05, 3.63) is 46.2 Å². The molecule has 2 heterocycles. The Morgan fingerprint density at radius 1 is 1.50 bits per heavy atom. The predicted octanol–water partition coefficient (Wildman–Crippen LogP) is 1.78. The van der Waals surface area contributed by atoms with Crippen LogP contribution in [0.25, 0.3) is 0 Å². The number of rotatable bonds is 3. The van der Waals surface area contributed by atoms with Crippen molar-refractivity contribution in [2.75, 3.05) is 0 Å². The molecule has 4 nitrogen and oxygen atoms in total. The average Bonchev–Trinajstić information content (AvgIpc) is 2.79. The van der Waals surface area contributed by atoms with Crippen LogP contribution in [0.15, 0.2) is 29.9 Å². The zero-order valence-corrected chi connectivity index (χ0v) is 9.62. The molecular weight excluding hydrogens is 222 g/mol. The molecule has 0 spiro atoms. The molecule has 0 saturated carbocycles. The second-order valence-electron chi connectivity index (χ2n) is 3.31. The van der Waals surface area contributed by atoms with E-state index in [1.54, 1.807) is 6.07 Å². The zero-order valence-electron chi connectivity index (χ0n) is 8.80. The van der Waals surface area contributed by atoms with Crippen LogP contribution in [0.3, 0.4) is 0 Å². The molecule has 0 aliphatic heterocycles. The minimum absolute atomic E-state index is 0.0636. The highest BCUT2D eigenvalue weighted by atomic mass is 32.1. The Labute approximate surface area is 97.4 Å². The topological polar surface area (TPSA) is 54.9 Å². The van der Waals surface area contributed by atoms with Crippen molar-refractivity contribution in [1.29, 1.82) is 0 Å². The van der Waals surface area contributed by atoms with Gasteiger partial charge in [0.1, 0.15) is 6.33 Å². The summed E-state index contributed by atoms with van der Waals surface area (Å²) in [5.74, 6) is -0.0636.